The minimum absolute atomic E-state index is 0. The van der Waals surface area contributed by atoms with Crippen molar-refractivity contribution in [1.29, 1.82) is 0 Å². The van der Waals surface area contributed by atoms with Gasteiger partial charge in [0.15, 0.2) is 0 Å². The molecular weight excluding hydrogens is 411 g/mol. The smallest absolute Gasteiger partial charge is 0 e. The SMILES string of the molecule is C.C.C.C.C=C=[C-]C.[CH-]=C.[CH2-]C.[Y].[Y].[Y]. The molecule has 0 unspecified atom stereocenters. The van der Waals surface area contributed by atoms with Crippen molar-refractivity contribution in [3.05, 3.63) is 38.5 Å². The Hall–Kier alpha value is 2.57. The van der Waals surface area contributed by atoms with E-state index in [0.717, 1.165) is 0 Å². The molecule has 3 heteroatoms. The fraction of sp³-hybridized carbons (Fsp3) is 0.500. The molecule has 15 heavy (non-hydrogen) atoms. The van der Waals surface area contributed by atoms with Crippen LogP contribution in [0.1, 0.15) is 43.6 Å². The van der Waals surface area contributed by atoms with Crippen LogP contribution in [-0.4, -0.2) is 0 Å². The molecule has 0 N–H and O–H groups in total. The van der Waals surface area contributed by atoms with Crippen molar-refractivity contribution in [2.45, 2.75) is 43.6 Å². The summed E-state index contributed by atoms with van der Waals surface area (Å²) in [5.41, 5.74) is 2.43. The van der Waals surface area contributed by atoms with Gasteiger partial charge in [0.25, 0.3) is 0 Å². The zero-order chi connectivity index (χ0) is 7.41. The minimum Gasteiger partial charge on any atom is -0.521 e. The van der Waals surface area contributed by atoms with Gasteiger partial charge in [-0.3, -0.25) is 6.58 Å². The van der Waals surface area contributed by atoms with Gasteiger partial charge in [-0.25, -0.2) is 12.7 Å². The van der Waals surface area contributed by atoms with Gasteiger partial charge in [-0.2, -0.15) is 6.92 Å². The van der Waals surface area contributed by atoms with Gasteiger partial charge < -0.3 is 19.2 Å². The van der Waals surface area contributed by atoms with Gasteiger partial charge >= 0.3 is 0 Å². The third-order valence-corrected chi connectivity index (χ3v) is 0.177. The average molecular weight is 440 g/mol. The van der Waals surface area contributed by atoms with Crippen LogP contribution < -0.4 is 0 Å². The van der Waals surface area contributed by atoms with Crippen LogP contribution in [0.2, 0.25) is 0 Å². The van der Waals surface area contributed by atoms with E-state index in [4.69, 9.17) is 0 Å². The number of allylic oxidation sites excluding steroid dienone is 1. The summed E-state index contributed by atoms with van der Waals surface area (Å²) in [6.45, 7) is 17.0. The first-order valence-corrected chi connectivity index (χ1v) is 2.22. The van der Waals surface area contributed by atoms with E-state index >= 15 is 0 Å². The van der Waals surface area contributed by atoms with Crippen LogP contribution in [0.5, 0.6) is 0 Å². The third-order valence-electron chi connectivity index (χ3n) is 0.177. The molecule has 0 aliphatic heterocycles. The number of hydrogen-bond donors (Lipinski definition) is 0. The van der Waals surface area contributed by atoms with Crippen molar-refractivity contribution in [1.82, 2.24) is 0 Å². The Bertz CT molecular complexity index is 57.9. The van der Waals surface area contributed by atoms with E-state index in [-0.39, 0.29) is 128 Å². The van der Waals surface area contributed by atoms with Crippen LogP contribution in [0.15, 0.2) is 18.9 Å². The molecule has 0 saturated carbocycles. The second-order valence-electron chi connectivity index (χ2n) is 0.427. The van der Waals surface area contributed by atoms with E-state index in [1.807, 2.05) is 0 Å². The molecule has 0 fully saturated rings. The zero-order valence-electron chi connectivity index (χ0n) is 7.43. The summed E-state index contributed by atoms with van der Waals surface area (Å²) in [5.74, 6) is 0. The van der Waals surface area contributed by atoms with Gasteiger partial charge in [-0.05, 0) is 0 Å². The van der Waals surface area contributed by atoms with Gasteiger partial charge in [-0.15, -0.1) is 6.92 Å². The molecule has 3 radical (unpaired) electrons. The summed E-state index contributed by atoms with van der Waals surface area (Å²) in [7, 11) is 0. The Kier molecular flexibility index (Phi) is 1080. The van der Waals surface area contributed by atoms with Crippen LogP contribution in [0, 0.1) is 19.6 Å². The fourth-order valence-corrected chi connectivity index (χ4v) is 0. The van der Waals surface area contributed by atoms with Gasteiger partial charge in [-0.1, -0.05) is 29.7 Å². The maximum atomic E-state index is 4.25. The molecule has 0 saturated heterocycles. The van der Waals surface area contributed by atoms with Crippen molar-refractivity contribution in [3.8, 4) is 0 Å². The molecule has 0 atom stereocenters. The monoisotopic (exact) mass is 440 g/mol. The maximum Gasteiger partial charge on any atom is 0 e. The molecule has 0 aromatic rings. The Labute approximate surface area is 177 Å². The van der Waals surface area contributed by atoms with E-state index in [9.17, 15) is 0 Å². The van der Waals surface area contributed by atoms with Crippen LogP contribution in [0.25, 0.3) is 0 Å². The van der Waals surface area contributed by atoms with Crippen molar-refractivity contribution in [2.75, 3.05) is 0 Å². The van der Waals surface area contributed by atoms with Crippen LogP contribution in [-0.2, 0) is 98.1 Å². The Morgan fingerprint density at radius 2 is 1.00 bits per heavy atom. The van der Waals surface area contributed by atoms with Crippen LogP contribution >= 0.6 is 0 Å². The summed E-state index contributed by atoms with van der Waals surface area (Å²) in [5, 5.41) is 0. The van der Waals surface area contributed by atoms with Crippen molar-refractivity contribution >= 4 is 0 Å². The molecule has 0 aliphatic carbocycles. The summed E-state index contributed by atoms with van der Waals surface area (Å²) in [4.78, 5) is 0. The fourth-order valence-electron chi connectivity index (χ4n) is 0. The predicted molar refractivity (Wildman–Crippen MR) is 65.9 cm³/mol. The maximum absolute atomic E-state index is 4.25. The largest absolute Gasteiger partial charge is 0.521 e. The average Bonchev–Trinajstić information content (AvgIpc) is 1.96. The predicted octanol–water partition coefficient (Wildman–Crippen LogP) is 5.13. The summed E-state index contributed by atoms with van der Waals surface area (Å²) < 4.78 is 0. The molecule has 0 aromatic heterocycles. The molecule has 0 aliphatic rings. The minimum atomic E-state index is 0. The molecule has 0 spiro atoms. The molecular formula is C12H29Y3-3. The van der Waals surface area contributed by atoms with Gasteiger partial charge in [0, 0.05) is 98.1 Å². The van der Waals surface area contributed by atoms with E-state index < -0.39 is 0 Å². The standard InChI is InChI=1S/C4H5.C2H5.C2H3.4CH4.3Y/c1-3-4-2;2*1-2;;;;;;;/h1H2,2H3;1H2,2H3;1H,2H2;4*1H4;;;/q3*-1;;;;;;;. The Morgan fingerprint density at radius 3 is 1.00 bits per heavy atom. The Morgan fingerprint density at radius 1 is 0.933 bits per heavy atom. The molecule has 0 aromatic carbocycles. The molecule has 0 amide bonds. The van der Waals surface area contributed by atoms with Crippen molar-refractivity contribution in [2.24, 2.45) is 0 Å². The van der Waals surface area contributed by atoms with Gasteiger partial charge in [0.1, 0.15) is 0 Å². The normalized spacial score (nSPS) is 1.80. The topological polar surface area (TPSA) is 0 Å². The summed E-state index contributed by atoms with van der Waals surface area (Å²) in [6, 6.07) is 0. The quantitative estimate of drug-likeness (QED) is 0.362. The van der Waals surface area contributed by atoms with E-state index in [0.29, 0.717) is 0 Å². The van der Waals surface area contributed by atoms with Crippen LogP contribution in [0.4, 0.5) is 0 Å². The van der Waals surface area contributed by atoms with E-state index in [2.05, 4.69) is 38.5 Å². The summed E-state index contributed by atoms with van der Waals surface area (Å²) >= 11 is 0. The third kappa shape index (κ3) is 276. The first-order chi connectivity index (χ1) is 3.91. The Balaban J connectivity index is -0.00000000267. The van der Waals surface area contributed by atoms with E-state index in [1.165, 1.54) is 0 Å². The van der Waals surface area contributed by atoms with Crippen LogP contribution in [0.3, 0.4) is 0 Å². The van der Waals surface area contributed by atoms with Gasteiger partial charge in [0.05, 0.1) is 0 Å². The van der Waals surface area contributed by atoms with Crippen molar-refractivity contribution in [3.63, 3.8) is 0 Å². The zero-order valence-corrected chi connectivity index (χ0v) is 15.9. The molecule has 0 nitrogen and oxygen atoms in total. The van der Waals surface area contributed by atoms with E-state index in [1.54, 1.807) is 13.8 Å². The molecule has 0 rings (SSSR count). The first kappa shape index (κ1) is 84.2. The second kappa shape index (κ2) is 192. The first-order valence-electron chi connectivity index (χ1n) is 2.22. The van der Waals surface area contributed by atoms with Crippen molar-refractivity contribution < 1.29 is 98.1 Å². The summed E-state index contributed by atoms with van der Waals surface area (Å²) in [6.07, 6.45) is 2.57. The van der Waals surface area contributed by atoms with Gasteiger partial charge in [0.2, 0.25) is 0 Å². The molecule has 89 valence electrons. The second-order valence-corrected chi connectivity index (χ2v) is 0.427. The number of hydrogen-bond acceptors (Lipinski definition) is 0. The number of rotatable bonds is 0. The molecule has 0 heterocycles. The molecule has 0 bridgehead atoms.